The second kappa shape index (κ2) is 4.19. The maximum atomic E-state index is 10.8. The molecule has 0 radical (unpaired) electrons. The van der Waals surface area contributed by atoms with E-state index in [9.17, 15) is 10.1 Å². The first-order chi connectivity index (χ1) is 7.62. The highest BCUT2D eigenvalue weighted by atomic mass is 16.7. The minimum Gasteiger partial charge on any atom is -0.341 e. The lowest BCUT2D eigenvalue weighted by Gasteiger charge is -2.31. The van der Waals surface area contributed by atoms with E-state index in [1.165, 1.54) is 6.92 Å². The van der Waals surface area contributed by atoms with Gasteiger partial charge in [0.05, 0.1) is 0 Å². The van der Waals surface area contributed by atoms with Crippen molar-refractivity contribution in [3.8, 4) is 0 Å². The Morgan fingerprint density at radius 1 is 1.31 bits per heavy atom. The Balaban J connectivity index is 2.03. The Morgan fingerprint density at radius 2 is 1.88 bits per heavy atom. The molecule has 0 aromatic heterocycles. The second-order valence-corrected chi connectivity index (χ2v) is 4.12. The Kier molecular flexibility index (Phi) is 2.89. The number of rotatable bonds is 2. The highest BCUT2D eigenvalue weighted by Crippen LogP contribution is 2.27. The first-order valence-corrected chi connectivity index (χ1v) is 5.04. The topological polar surface area (TPSA) is 61.6 Å². The first kappa shape index (κ1) is 11.0. The molecule has 1 aromatic rings. The lowest BCUT2D eigenvalue weighted by molar-refractivity contribution is -0.587. The third kappa shape index (κ3) is 2.05. The van der Waals surface area contributed by atoms with Crippen molar-refractivity contribution in [1.82, 2.24) is 0 Å². The molecule has 0 atom stereocenters. The third-order valence-corrected chi connectivity index (χ3v) is 2.60. The fourth-order valence-corrected chi connectivity index (χ4v) is 1.51. The number of nitrogens with zero attached hydrogens (tertiary/aromatic N) is 1. The highest BCUT2D eigenvalue weighted by Gasteiger charge is 2.43. The molecule has 0 bridgehead atoms. The first-order valence-electron chi connectivity index (χ1n) is 5.04. The number of benzene rings is 1. The van der Waals surface area contributed by atoms with E-state index >= 15 is 0 Å². The quantitative estimate of drug-likeness (QED) is 0.566. The van der Waals surface area contributed by atoms with Crippen LogP contribution in [0.1, 0.15) is 18.8 Å². The van der Waals surface area contributed by atoms with Gasteiger partial charge < -0.3 is 9.47 Å². The molecule has 5 heteroatoms. The van der Waals surface area contributed by atoms with Gasteiger partial charge in [0.1, 0.15) is 13.2 Å². The van der Waals surface area contributed by atoms with E-state index in [4.69, 9.17) is 9.47 Å². The highest BCUT2D eigenvalue weighted by molar-refractivity contribution is 5.16. The standard InChI is InChI=1S/C11H13NO4/c1-11(12(13)14)7-15-10(16-8-11)9-5-3-2-4-6-9/h2-6,10H,7-8H2,1H3. The van der Waals surface area contributed by atoms with Crippen LogP contribution in [0.3, 0.4) is 0 Å². The van der Waals surface area contributed by atoms with Gasteiger partial charge in [-0.15, -0.1) is 0 Å². The molecule has 1 fully saturated rings. The van der Waals surface area contributed by atoms with Crippen molar-refractivity contribution in [2.45, 2.75) is 18.8 Å². The van der Waals surface area contributed by atoms with E-state index in [1.807, 2.05) is 30.3 Å². The Morgan fingerprint density at radius 3 is 2.38 bits per heavy atom. The fourth-order valence-electron chi connectivity index (χ4n) is 1.51. The molecule has 86 valence electrons. The van der Waals surface area contributed by atoms with Crippen molar-refractivity contribution in [3.63, 3.8) is 0 Å². The smallest absolute Gasteiger partial charge is 0.265 e. The molecular formula is C11H13NO4. The molecule has 1 aromatic carbocycles. The molecule has 0 aliphatic carbocycles. The third-order valence-electron chi connectivity index (χ3n) is 2.60. The van der Waals surface area contributed by atoms with Gasteiger partial charge in [0.15, 0.2) is 6.29 Å². The SMILES string of the molecule is CC1([N+](=O)[O-])COC(c2ccccc2)OC1. The van der Waals surface area contributed by atoms with Crippen LogP contribution < -0.4 is 0 Å². The molecule has 1 saturated heterocycles. The van der Waals surface area contributed by atoms with Crippen LogP contribution in [-0.2, 0) is 9.47 Å². The van der Waals surface area contributed by atoms with Crippen molar-refractivity contribution >= 4 is 0 Å². The van der Waals surface area contributed by atoms with Gasteiger partial charge >= 0.3 is 0 Å². The minimum atomic E-state index is -1.13. The van der Waals surface area contributed by atoms with E-state index in [1.54, 1.807) is 0 Å². The summed E-state index contributed by atoms with van der Waals surface area (Å²) < 4.78 is 10.8. The van der Waals surface area contributed by atoms with Gasteiger partial charge in [0, 0.05) is 17.4 Å². The van der Waals surface area contributed by atoms with E-state index in [0.29, 0.717) is 0 Å². The molecule has 2 rings (SSSR count). The molecule has 1 aliphatic heterocycles. The Bertz CT molecular complexity index is 371. The van der Waals surface area contributed by atoms with Crippen LogP contribution in [0.2, 0.25) is 0 Å². The normalized spacial score (nSPS) is 29.9. The number of ether oxygens (including phenoxy) is 2. The van der Waals surface area contributed by atoms with E-state index < -0.39 is 11.8 Å². The molecule has 0 spiro atoms. The van der Waals surface area contributed by atoms with Crippen molar-refractivity contribution in [1.29, 1.82) is 0 Å². The van der Waals surface area contributed by atoms with Crippen LogP contribution in [0.4, 0.5) is 0 Å². The molecule has 5 nitrogen and oxygen atoms in total. The number of hydrogen-bond donors (Lipinski definition) is 0. The average molecular weight is 223 g/mol. The zero-order valence-electron chi connectivity index (χ0n) is 8.96. The van der Waals surface area contributed by atoms with Crippen molar-refractivity contribution in [2.24, 2.45) is 0 Å². The monoisotopic (exact) mass is 223 g/mol. The van der Waals surface area contributed by atoms with Crippen LogP contribution in [0.5, 0.6) is 0 Å². The summed E-state index contributed by atoms with van der Waals surface area (Å²) in [7, 11) is 0. The van der Waals surface area contributed by atoms with Crippen molar-refractivity contribution in [2.75, 3.05) is 13.2 Å². The summed E-state index contributed by atoms with van der Waals surface area (Å²) in [4.78, 5) is 10.4. The minimum absolute atomic E-state index is 0.0690. The van der Waals surface area contributed by atoms with Crippen LogP contribution in [-0.4, -0.2) is 23.7 Å². The lowest BCUT2D eigenvalue weighted by Crippen LogP contribution is -2.48. The van der Waals surface area contributed by atoms with Crippen LogP contribution in [0.25, 0.3) is 0 Å². The van der Waals surface area contributed by atoms with Gasteiger partial charge in [-0.3, -0.25) is 10.1 Å². The Labute approximate surface area is 93.1 Å². The molecular weight excluding hydrogens is 210 g/mol. The van der Waals surface area contributed by atoms with Gasteiger partial charge in [0.25, 0.3) is 5.54 Å². The number of hydrogen-bond acceptors (Lipinski definition) is 4. The van der Waals surface area contributed by atoms with Crippen molar-refractivity contribution in [3.05, 3.63) is 46.0 Å². The summed E-state index contributed by atoms with van der Waals surface area (Å²) in [6.45, 7) is 1.66. The van der Waals surface area contributed by atoms with E-state index in [-0.39, 0.29) is 18.1 Å². The van der Waals surface area contributed by atoms with Gasteiger partial charge in [0.2, 0.25) is 0 Å². The maximum absolute atomic E-state index is 10.8. The van der Waals surface area contributed by atoms with Gasteiger partial charge in [-0.25, -0.2) is 0 Å². The fraction of sp³-hybridized carbons (Fsp3) is 0.455. The Hall–Kier alpha value is -1.46. The molecule has 0 unspecified atom stereocenters. The maximum Gasteiger partial charge on any atom is 0.265 e. The van der Waals surface area contributed by atoms with E-state index in [2.05, 4.69) is 0 Å². The molecule has 0 N–H and O–H groups in total. The van der Waals surface area contributed by atoms with Crippen molar-refractivity contribution < 1.29 is 14.4 Å². The van der Waals surface area contributed by atoms with Crippen LogP contribution in [0.15, 0.2) is 30.3 Å². The number of nitro groups is 1. The van der Waals surface area contributed by atoms with Crippen LogP contribution >= 0.6 is 0 Å². The summed E-state index contributed by atoms with van der Waals surface area (Å²) in [5.74, 6) is 0. The zero-order chi connectivity index (χ0) is 11.6. The van der Waals surface area contributed by atoms with Crippen LogP contribution in [0, 0.1) is 10.1 Å². The average Bonchev–Trinajstić information content (AvgIpc) is 2.31. The van der Waals surface area contributed by atoms with E-state index in [0.717, 1.165) is 5.56 Å². The predicted octanol–water partition coefficient (Wildman–Crippen LogP) is 1.77. The molecule has 0 saturated carbocycles. The summed E-state index contributed by atoms with van der Waals surface area (Å²) in [6, 6.07) is 9.40. The largest absolute Gasteiger partial charge is 0.341 e. The molecule has 0 amide bonds. The summed E-state index contributed by atoms with van der Waals surface area (Å²) in [5.41, 5.74) is -0.251. The molecule has 16 heavy (non-hydrogen) atoms. The zero-order valence-corrected chi connectivity index (χ0v) is 8.96. The van der Waals surface area contributed by atoms with Gasteiger partial charge in [-0.05, 0) is 0 Å². The molecule has 1 heterocycles. The molecule has 1 aliphatic rings. The summed E-state index contributed by atoms with van der Waals surface area (Å²) in [5, 5.41) is 10.8. The van der Waals surface area contributed by atoms with Gasteiger partial charge in [-0.1, -0.05) is 30.3 Å². The summed E-state index contributed by atoms with van der Waals surface area (Å²) >= 11 is 0. The second-order valence-electron chi connectivity index (χ2n) is 4.12. The predicted molar refractivity (Wildman–Crippen MR) is 56.5 cm³/mol. The lowest BCUT2D eigenvalue weighted by atomic mass is 10.1. The van der Waals surface area contributed by atoms with Gasteiger partial charge in [-0.2, -0.15) is 0 Å². The summed E-state index contributed by atoms with van der Waals surface area (Å²) in [6.07, 6.45) is -0.491.